The lowest BCUT2D eigenvalue weighted by Gasteiger charge is -2.39. The molecular formula is C25H36N4O6. The van der Waals surface area contributed by atoms with Gasteiger partial charge in [-0.1, -0.05) is 30.3 Å². The van der Waals surface area contributed by atoms with Crippen LogP contribution in [0.15, 0.2) is 30.3 Å². The van der Waals surface area contributed by atoms with Crippen LogP contribution in [0.2, 0.25) is 0 Å². The van der Waals surface area contributed by atoms with Crippen molar-refractivity contribution in [3.63, 3.8) is 0 Å². The van der Waals surface area contributed by atoms with Crippen LogP contribution in [0, 0.1) is 5.92 Å². The minimum atomic E-state index is -1.06. The Morgan fingerprint density at radius 1 is 1.20 bits per heavy atom. The number of benzene rings is 1. The van der Waals surface area contributed by atoms with Crippen molar-refractivity contribution in [2.45, 2.75) is 63.7 Å². The van der Waals surface area contributed by atoms with Gasteiger partial charge in [0.05, 0.1) is 18.7 Å². The summed E-state index contributed by atoms with van der Waals surface area (Å²) in [5, 5.41) is 15.5. The van der Waals surface area contributed by atoms with Gasteiger partial charge in [0, 0.05) is 20.1 Å². The molecular weight excluding hydrogens is 452 g/mol. The summed E-state index contributed by atoms with van der Waals surface area (Å²) in [5.41, 5.74) is 1.06. The highest BCUT2D eigenvalue weighted by molar-refractivity contribution is 5.88. The quantitative estimate of drug-likeness (QED) is 0.446. The van der Waals surface area contributed by atoms with Gasteiger partial charge >= 0.3 is 18.0 Å². The smallest absolute Gasteiger partial charge is 0.326 e. The molecule has 0 spiro atoms. The van der Waals surface area contributed by atoms with E-state index in [-0.39, 0.29) is 31.1 Å². The highest BCUT2D eigenvalue weighted by Gasteiger charge is 2.50. The molecule has 0 bridgehead atoms. The van der Waals surface area contributed by atoms with Gasteiger partial charge in [-0.2, -0.15) is 0 Å². The number of hydrogen-bond acceptors (Lipinski definition) is 6. The Morgan fingerprint density at radius 3 is 2.54 bits per heavy atom. The fourth-order valence-electron chi connectivity index (χ4n) is 5.15. The number of aryl methyl sites for hydroxylation is 1. The fraction of sp³-hybridized carbons (Fsp3) is 0.600. The lowest BCUT2D eigenvalue weighted by molar-refractivity contribution is -0.152. The standard InChI is InChI=1S/C25H36N4O6/c1-4-35-24(33)19(11-10-17-8-6-5-7-9-17)27-16(2)22(30)29-20(23(31)32)14-18-12-13-28(15-21(18)29)25(34)26-3/h5-9,16,18-21,27H,4,10-15H2,1-3H3,(H,26,34)(H,31,32)/t16-,18-,19-,20+,21+/m1/s1. The van der Waals surface area contributed by atoms with Crippen molar-refractivity contribution < 1.29 is 29.0 Å². The van der Waals surface area contributed by atoms with E-state index in [4.69, 9.17) is 4.74 Å². The van der Waals surface area contributed by atoms with E-state index in [0.717, 1.165) is 5.56 Å². The zero-order chi connectivity index (χ0) is 25.5. The number of carbonyl (C=O) groups excluding carboxylic acids is 3. The summed E-state index contributed by atoms with van der Waals surface area (Å²) in [6, 6.07) is 6.60. The predicted octanol–water partition coefficient (Wildman–Crippen LogP) is 1.24. The highest BCUT2D eigenvalue weighted by atomic mass is 16.5. The third-order valence-corrected chi connectivity index (χ3v) is 6.94. The lowest BCUT2D eigenvalue weighted by Crippen LogP contribution is -2.59. The van der Waals surface area contributed by atoms with Crippen molar-refractivity contribution >= 4 is 23.9 Å². The fourth-order valence-corrected chi connectivity index (χ4v) is 5.15. The number of aliphatic carboxylic acids is 1. The second-order valence-electron chi connectivity index (χ2n) is 9.17. The molecule has 192 valence electrons. The van der Waals surface area contributed by atoms with Crippen molar-refractivity contribution in [2.75, 3.05) is 26.7 Å². The number of carboxylic acid groups (broad SMARTS) is 1. The second-order valence-corrected chi connectivity index (χ2v) is 9.17. The minimum absolute atomic E-state index is 0.00657. The van der Waals surface area contributed by atoms with Crippen LogP contribution in [-0.2, 0) is 25.5 Å². The molecule has 0 unspecified atom stereocenters. The Balaban J connectivity index is 1.74. The molecule has 0 radical (unpaired) electrons. The van der Waals surface area contributed by atoms with Crippen LogP contribution in [0.5, 0.6) is 0 Å². The van der Waals surface area contributed by atoms with Gasteiger partial charge < -0.3 is 25.0 Å². The zero-order valence-electron chi connectivity index (χ0n) is 20.6. The van der Waals surface area contributed by atoms with Crippen molar-refractivity contribution in [3.8, 4) is 0 Å². The van der Waals surface area contributed by atoms with Crippen LogP contribution in [-0.4, -0.2) is 89.7 Å². The molecule has 0 aliphatic carbocycles. The number of carbonyl (C=O) groups is 4. The number of esters is 1. The van der Waals surface area contributed by atoms with Gasteiger partial charge in [0.15, 0.2) is 0 Å². The third-order valence-electron chi connectivity index (χ3n) is 6.94. The Hall–Kier alpha value is -3.14. The van der Waals surface area contributed by atoms with Crippen molar-refractivity contribution in [3.05, 3.63) is 35.9 Å². The zero-order valence-corrected chi connectivity index (χ0v) is 20.6. The minimum Gasteiger partial charge on any atom is -0.480 e. The molecule has 10 nitrogen and oxygen atoms in total. The molecule has 5 atom stereocenters. The molecule has 3 rings (SSSR count). The van der Waals surface area contributed by atoms with Crippen LogP contribution >= 0.6 is 0 Å². The van der Waals surface area contributed by atoms with Gasteiger partial charge in [-0.05, 0) is 51.0 Å². The highest BCUT2D eigenvalue weighted by Crippen LogP contribution is 2.36. The molecule has 1 aromatic carbocycles. The van der Waals surface area contributed by atoms with Crippen LogP contribution in [0.25, 0.3) is 0 Å². The number of nitrogens with one attached hydrogen (secondary N) is 2. The van der Waals surface area contributed by atoms with Crippen molar-refractivity contribution in [2.24, 2.45) is 5.92 Å². The number of amides is 3. The molecule has 2 aliphatic heterocycles. The van der Waals surface area contributed by atoms with Gasteiger partial charge in [0.2, 0.25) is 5.91 Å². The van der Waals surface area contributed by atoms with Gasteiger partial charge in [0.25, 0.3) is 0 Å². The molecule has 10 heteroatoms. The first-order chi connectivity index (χ1) is 16.8. The van der Waals surface area contributed by atoms with Crippen LogP contribution in [0.4, 0.5) is 4.79 Å². The largest absolute Gasteiger partial charge is 0.480 e. The topological polar surface area (TPSA) is 128 Å². The first kappa shape index (κ1) is 26.5. The van der Waals surface area contributed by atoms with E-state index in [1.807, 2.05) is 30.3 Å². The van der Waals surface area contributed by atoms with Gasteiger partial charge in [-0.25, -0.2) is 9.59 Å². The third kappa shape index (κ3) is 6.30. The molecule has 2 saturated heterocycles. The lowest BCUT2D eigenvalue weighted by atomic mass is 9.91. The molecule has 2 heterocycles. The number of fused-ring (bicyclic) bond motifs is 1. The van der Waals surface area contributed by atoms with E-state index in [9.17, 15) is 24.3 Å². The predicted molar refractivity (Wildman–Crippen MR) is 129 cm³/mol. The van der Waals surface area contributed by atoms with Crippen LogP contribution in [0.1, 0.15) is 38.7 Å². The summed E-state index contributed by atoms with van der Waals surface area (Å²) in [5.74, 6) is -1.89. The first-order valence-electron chi connectivity index (χ1n) is 12.2. The van der Waals surface area contributed by atoms with Crippen LogP contribution in [0.3, 0.4) is 0 Å². The second kappa shape index (κ2) is 12.0. The van der Waals surface area contributed by atoms with E-state index in [1.165, 1.54) is 4.90 Å². The number of urea groups is 1. The number of carboxylic acids is 1. The van der Waals surface area contributed by atoms with Crippen LogP contribution < -0.4 is 10.6 Å². The summed E-state index contributed by atoms with van der Waals surface area (Å²) in [7, 11) is 1.54. The summed E-state index contributed by atoms with van der Waals surface area (Å²) in [6.45, 7) is 4.39. The molecule has 2 fully saturated rings. The Labute approximate surface area is 206 Å². The number of likely N-dealkylation sites (tertiary alicyclic amines) is 2. The van der Waals surface area contributed by atoms with Gasteiger partial charge in [0.1, 0.15) is 12.1 Å². The summed E-state index contributed by atoms with van der Waals surface area (Å²) in [4.78, 5) is 53.5. The summed E-state index contributed by atoms with van der Waals surface area (Å²) >= 11 is 0. The van der Waals surface area contributed by atoms with Gasteiger partial charge in [-0.15, -0.1) is 0 Å². The van der Waals surface area contributed by atoms with E-state index < -0.39 is 36.0 Å². The number of piperidine rings is 1. The first-order valence-corrected chi connectivity index (χ1v) is 12.2. The number of nitrogens with zero attached hydrogens (tertiary/aromatic N) is 2. The molecule has 3 amide bonds. The normalized spacial score (nSPS) is 23.2. The monoisotopic (exact) mass is 488 g/mol. The number of rotatable bonds is 9. The molecule has 2 aliphatic rings. The Bertz CT molecular complexity index is 910. The summed E-state index contributed by atoms with van der Waals surface area (Å²) in [6.07, 6.45) is 2.04. The van der Waals surface area contributed by atoms with Gasteiger partial charge in [-0.3, -0.25) is 14.9 Å². The maximum Gasteiger partial charge on any atom is 0.326 e. The van der Waals surface area contributed by atoms with Crippen molar-refractivity contribution in [1.29, 1.82) is 0 Å². The molecule has 0 aromatic heterocycles. The van der Waals surface area contributed by atoms with E-state index in [2.05, 4.69) is 10.6 Å². The summed E-state index contributed by atoms with van der Waals surface area (Å²) < 4.78 is 5.23. The average Bonchev–Trinajstić information content (AvgIpc) is 3.25. The molecule has 3 N–H and O–H groups in total. The Kier molecular flexibility index (Phi) is 9.08. The molecule has 35 heavy (non-hydrogen) atoms. The molecule has 0 saturated carbocycles. The SMILES string of the molecule is CCOC(=O)[C@@H](CCc1ccccc1)N[C@H](C)C(=O)N1[C@H](C(=O)O)C[C@H]2CCN(C(=O)NC)C[C@@H]21. The Morgan fingerprint density at radius 2 is 1.91 bits per heavy atom. The van der Waals surface area contributed by atoms with Crippen molar-refractivity contribution in [1.82, 2.24) is 20.4 Å². The maximum atomic E-state index is 13.6. The number of hydrogen-bond donors (Lipinski definition) is 3. The van der Waals surface area contributed by atoms with E-state index in [0.29, 0.717) is 32.2 Å². The molecule has 1 aromatic rings. The average molecular weight is 489 g/mol. The van der Waals surface area contributed by atoms with E-state index >= 15 is 0 Å². The maximum absolute atomic E-state index is 13.6. The van der Waals surface area contributed by atoms with E-state index in [1.54, 1.807) is 25.8 Å². The number of ether oxygens (including phenoxy) is 1.